The Hall–Kier alpha value is -1.64. The van der Waals surface area contributed by atoms with Crippen LogP contribution in [-0.2, 0) is 6.54 Å². The fraction of sp³-hybridized carbons (Fsp3) is 0.429. The topological polar surface area (TPSA) is 30.7 Å². The van der Waals surface area contributed by atoms with Gasteiger partial charge in [-0.15, -0.1) is 0 Å². The summed E-state index contributed by atoms with van der Waals surface area (Å²) in [5.74, 6) is 0. The number of rotatable bonds is 3. The number of hydrogen-bond acceptors (Lipinski definition) is 2. The molecule has 0 spiro atoms. The Bertz CT molecular complexity index is 466. The molecule has 0 atom stereocenters. The molecule has 0 N–H and O–H groups in total. The van der Waals surface area contributed by atoms with E-state index >= 15 is 0 Å². The molecule has 0 fully saturated rings. The van der Waals surface area contributed by atoms with Gasteiger partial charge in [0.2, 0.25) is 0 Å². The molecule has 2 aromatic heterocycles. The molecule has 3 nitrogen and oxygen atoms in total. The lowest BCUT2D eigenvalue weighted by atomic mass is 9.92. The average molecular weight is 229 g/mol. The van der Waals surface area contributed by atoms with Crippen molar-refractivity contribution in [3.05, 3.63) is 37.1 Å². The molecule has 2 rings (SSSR count). The van der Waals surface area contributed by atoms with E-state index in [1.54, 1.807) is 6.20 Å². The lowest BCUT2D eigenvalue weighted by Crippen LogP contribution is -2.09. The number of aryl methyl sites for hydroxylation is 1. The van der Waals surface area contributed by atoms with Gasteiger partial charge in [-0.2, -0.15) is 0 Å². The lowest BCUT2D eigenvalue weighted by molar-refractivity contribution is 0.350. The van der Waals surface area contributed by atoms with Crippen molar-refractivity contribution in [3.63, 3.8) is 0 Å². The normalized spacial score (nSPS) is 11.7. The quantitative estimate of drug-likeness (QED) is 0.807. The highest BCUT2D eigenvalue weighted by atomic mass is 15.0. The zero-order valence-corrected chi connectivity index (χ0v) is 10.7. The lowest BCUT2D eigenvalue weighted by Gasteiger charge is -2.17. The average Bonchev–Trinajstić information content (AvgIpc) is 2.75. The van der Waals surface area contributed by atoms with Crippen LogP contribution in [0.15, 0.2) is 37.1 Å². The molecule has 0 aliphatic rings. The molecule has 0 aliphatic carbocycles. The minimum atomic E-state index is 0.360. The second-order valence-corrected chi connectivity index (χ2v) is 5.55. The van der Waals surface area contributed by atoms with Crippen molar-refractivity contribution in [3.8, 4) is 11.3 Å². The van der Waals surface area contributed by atoms with Gasteiger partial charge >= 0.3 is 0 Å². The first-order valence-corrected chi connectivity index (χ1v) is 5.97. The molecular weight excluding hydrogens is 210 g/mol. The van der Waals surface area contributed by atoms with E-state index in [0.717, 1.165) is 24.2 Å². The van der Waals surface area contributed by atoms with E-state index in [1.165, 1.54) is 0 Å². The van der Waals surface area contributed by atoms with E-state index in [4.69, 9.17) is 0 Å². The van der Waals surface area contributed by atoms with Gasteiger partial charge in [0.25, 0.3) is 0 Å². The van der Waals surface area contributed by atoms with Crippen LogP contribution in [0.1, 0.15) is 27.2 Å². The van der Waals surface area contributed by atoms with Crippen molar-refractivity contribution < 1.29 is 0 Å². The molecule has 0 saturated carbocycles. The first-order valence-electron chi connectivity index (χ1n) is 5.97. The molecule has 2 heterocycles. The van der Waals surface area contributed by atoms with Gasteiger partial charge in [-0.25, -0.2) is 4.98 Å². The Kier molecular flexibility index (Phi) is 3.27. The van der Waals surface area contributed by atoms with E-state index < -0.39 is 0 Å². The molecule has 0 aliphatic heterocycles. The van der Waals surface area contributed by atoms with Crippen LogP contribution < -0.4 is 0 Å². The maximum absolute atomic E-state index is 4.41. The summed E-state index contributed by atoms with van der Waals surface area (Å²) in [7, 11) is 0. The maximum atomic E-state index is 4.41. The van der Waals surface area contributed by atoms with Gasteiger partial charge in [0.1, 0.15) is 0 Å². The standard InChI is InChI=1S/C14H19N3/c1-14(2,3)6-8-17-10-13(16-11-17)12-5-4-7-15-9-12/h4-5,7,9-11H,6,8H2,1-3H3. The van der Waals surface area contributed by atoms with Crippen molar-refractivity contribution in [1.82, 2.24) is 14.5 Å². The molecule has 0 aromatic carbocycles. The van der Waals surface area contributed by atoms with E-state index in [0.29, 0.717) is 5.41 Å². The van der Waals surface area contributed by atoms with Crippen molar-refractivity contribution in [2.45, 2.75) is 33.7 Å². The SMILES string of the molecule is CC(C)(C)CCn1cnc(-c2cccnc2)c1. The van der Waals surface area contributed by atoms with Gasteiger partial charge in [-0.05, 0) is 24.0 Å². The molecule has 0 radical (unpaired) electrons. The number of hydrogen-bond donors (Lipinski definition) is 0. The van der Waals surface area contributed by atoms with Gasteiger partial charge in [0, 0.05) is 30.7 Å². The third kappa shape index (κ3) is 3.41. The van der Waals surface area contributed by atoms with E-state index in [-0.39, 0.29) is 0 Å². The summed E-state index contributed by atoms with van der Waals surface area (Å²) in [6.45, 7) is 7.78. The van der Waals surface area contributed by atoms with Crippen LogP contribution in [0.25, 0.3) is 11.3 Å². The smallest absolute Gasteiger partial charge is 0.0953 e. The monoisotopic (exact) mass is 229 g/mol. The van der Waals surface area contributed by atoms with Crippen LogP contribution >= 0.6 is 0 Å². The largest absolute Gasteiger partial charge is 0.337 e. The number of pyridine rings is 1. The van der Waals surface area contributed by atoms with Crippen LogP contribution in [0.3, 0.4) is 0 Å². The fourth-order valence-electron chi connectivity index (χ4n) is 1.61. The summed E-state index contributed by atoms with van der Waals surface area (Å²) in [5.41, 5.74) is 2.42. The second-order valence-electron chi connectivity index (χ2n) is 5.55. The summed E-state index contributed by atoms with van der Waals surface area (Å²) in [5, 5.41) is 0. The minimum Gasteiger partial charge on any atom is -0.337 e. The van der Waals surface area contributed by atoms with E-state index in [2.05, 4.69) is 41.5 Å². The molecule has 0 amide bonds. The molecular formula is C14H19N3. The minimum absolute atomic E-state index is 0.360. The Morgan fingerprint density at radius 2 is 2.12 bits per heavy atom. The molecule has 17 heavy (non-hydrogen) atoms. The van der Waals surface area contributed by atoms with E-state index in [9.17, 15) is 0 Å². The van der Waals surface area contributed by atoms with Crippen LogP contribution in [0.2, 0.25) is 0 Å². The summed E-state index contributed by atoms with van der Waals surface area (Å²) >= 11 is 0. The fourth-order valence-corrected chi connectivity index (χ4v) is 1.61. The van der Waals surface area contributed by atoms with Crippen LogP contribution in [-0.4, -0.2) is 14.5 Å². The molecule has 90 valence electrons. The highest BCUT2D eigenvalue weighted by Crippen LogP contribution is 2.20. The Morgan fingerprint density at radius 1 is 1.29 bits per heavy atom. The highest BCUT2D eigenvalue weighted by molar-refractivity contribution is 5.56. The van der Waals surface area contributed by atoms with Crippen molar-refractivity contribution >= 4 is 0 Å². The number of aromatic nitrogens is 3. The van der Waals surface area contributed by atoms with Gasteiger partial charge < -0.3 is 4.57 Å². The summed E-state index contributed by atoms with van der Waals surface area (Å²) in [6, 6.07) is 3.97. The Morgan fingerprint density at radius 3 is 2.76 bits per heavy atom. The number of imidazole rings is 1. The first kappa shape index (κ1) is 11.8. The molecule has 0 saturated heterocycles. The molecule has 0 unspecified atom stereocenters. The van der Waals surface area contributed by atoms with Gasteiger partial charge in [-0.3, -0.25) is 4.98 Å². The summed E-state index contributed by atoms with van der Waals surface area (Å²) < 4.78 is 2.15. The predicted octanol–water partition coefficient (Wildman–Crippen LogP) is 3.38. The first-order chi connectivity index (χ1) is 8.04. The van der Waals surface area contributed by atoms with Gasteiger partial charge in [-0.1, -0.05) is 20.8 Å². The van der Waals surface area contributed by atoms with Crippen molar-refractivity contribution in [1.29, 1.82) is 0 Å². The molecule has 0 bridgehead atoms. The Balaban J connectivity index is 2.07. The van der Waals surface area contributed by atoms with Gasteiger partial charge in [0.05, 0.1) is 12.0 Å². The highest BCUT2D eigenvalue weighted by Gasteiger charge is 2.10. The summed E-state index contributed by atoms with van der Waals surface area (Å²) in [4.78, 5) is 8.52. The van der Waals surface area contributed by atoms with Crippen molar-refractivity contribution in [2.24, 2.45) is 5.41 Å². The van der Waals surface area contributed by atoms with Crippen LogP contribution in [0.5, 0.6) is 0 Å². The predicted molar refractivity (Wildman–Crippen MR) is 69.5 cm³/mol. The maximum Gasteiger partial charge on any atom is 0.0953 e. The summed E-state index contributed by atoms with van der Waals surface area (Å²) in [6.07, 6.45) is 8.75. The molecule has 2 aromatic rings. The zero-order chi connectivity index (χ0) is 12.3. The molecule has 3 heteroatoms. The second kappa shape index (κ2) is 4.70. The van der Waals surface area contributed by atoms with Crippen molar-refractivity contribution in [2.75, 3.05) is 0 Å². The third-order valence-corrected chi connectivity index (χ3v) is 2.71. The Labute approximate surface area is 103 Å². The van der Waals surface area contributed by atoms with Crippen LogP contribution in [0, 0.1) is 5.41 Å². The van der Waals surface area contributed by atoms with Crippen LogP contribution in [0.4, 0.5) is 0 Å². The van der Waals surface area contributed by atoms with Gasteiger partial charge in [0.15, 0.2) is 0 Å². The zero-order valence-electron chi connectivity index (χ0n) is 10.7. The number of nitrogens with zero attached hydrogens (tertiary/aromatic N) is 3. The third-order valence-electron chi connectivity index (χ3n) is 2.71. The van der Waals surface area contributed by atoms with E-state index in [1.807, 2.05) is 24.7 Å².